The average Bonchev–Trinajstić information content (AvgIpc) is 3.60. The molecule has 1 saturated carbocycles. The number of hydrogen-bond donors (Lipinski definition) is 2. The summed E-state index contributed by atoms with van der Waals surface area (Å²) >= 11 is 0. The summed E-state index contributed by atoms with van der Waals surface area (Å²) in [4.78, 5) is 45.1. The molecule has 3 rings (SSSR count). The molecule has 0 radical (unpaired) electrons. The zero-order chi connectivity index (χ0) is 25.0. The van der Waals surface area contributed by atoms with Gasteiger partial charge >= 0.3 is 5.69 Å². The SMILES string of the molecule is CC(C)CN(C(=O)CN(Cc1ccccc1)C(C)C1CC1)c1c(N)n(CC(C)C)c(=O)[nH]c1=O. The van der Waals surface area contributed by atoms with Crippen molar-refractivity contribution in [1.82, 2.24) is 14.5 Å². The Labute approximate surface area is 201 Å². The lowest BCUT2D eigenvalue weighted by molar-refractivity contribution is -0.120. The third-order valence-electron chi connectivity index (χ3n) is 6.33. The summed E-state index contributed by atoms with van der Waals surface area (Å²) in [6, 6.07) is 10.4. The molecule has 1 heterocycles. The first-order chi connectivity index (χ1) is 16.1. The number of H-pyrrole nitrogens is 1. The van der Waals surface area contributed by atoms with Crippen LogP contribution < -0.4 is 21.9 Å². The number of hydrogen-bond acceptors (Lipinski definition) is 5. The monoisotopic (exact) mass is 469 g/mol. The maximum atomic E-state index is 13.7. The number of amides is 1. The van der Waals surface area contributed by atoms with Crippen molar-refractivity contribution in [2.45, 2.75) is 66.6 Å². The number of carbonyl (C=O) groups excluding carboxylic acids is 1. The third-order valence-corrected chi connectivity index (χ3v) is 6.33. The number of nitrogens with one attached hydrogen (secondary N) is 1. The van der Waals surface area contributed by atoms with Crippen molar-refractivity contribution in [3.8, 4) is 0 Å². The van der Waals surface area contributed by atoms with E-state index in [4.69, 9.17) is 5.73 Å². The highest BCUT2D eigenvalue weighted by Gasteiger charge is 2.34. The standard InChI is InChI=1S/C26H39N5O3/c1-17(2)13-30(23-24(27)31(14-18(3)4)26(34)28-25(23)33)22(32)16-29(19(5)21-11-12-21)15-20-9-7-6-8-10-20/h6-10,17-19,21H,11-16,27H2,1-5H3,(H,28,33,34). The van der Waals surface area contributed by atoms with E-state index in [0.717, 1.165) is 5.56 Å². The fraction of sp³-hybridized carbons (Fsp3) is 0.577. The van der Waals surface area contributed by atoms with E-state index in [1.54, 1.807) is 0 Å². The van der Waals surface area contributed by atoms with Gasteiger partial charge in [0.25, 0.3) is 5.56 Å². The van der Waals surface area contributed by atoms with Crippen molar-refractivity contribution in [2.75, 3.05) is 23.7 Å². The number of carbonyl (C=O) groups is 1. The lowest BCUT2D eigenvalue weighted by Gasteiger charge is -2.32. The number of aromatic amines is 1. The van der Waals surface area contributed by atoms with Crippen molar-refractivity contribution < 1.29 is 4.79 Å². The molecule has 186 valence electrons. The number of nitrogen functional groups attached to an aromatic ring is 1. The van der Waals surface area contributed by atoms with Crippen LogP contribution >= 0.6 is 0 Å². The normalized spacial score (nSPS) is 14.7. The summed E-state index contributed by atoms with van der Waals surface area (Å²) < 4.78 is 1.36. The van der Waals surface area contributed by atoms with Gasteiger partial charge in [0.2, 0.25) is 5.91 Å². The van der Waals surface area contributed by atoms with Gasteiger partial charge in [-0.2, -0.15) is 0 Å². The number of nitrogens with two attached hydrogens (primary N) is 1. The topological polar surface area (TPSA) is 104 Å². The Morgan fingerprint density at radius 2 is 1.74 bits per heavy atom. The Morgan fingerprint density at radius 1 is 1.09 bits per heavy atom. The molecule has 3 N–H and O–H groups in total. The Balaban J connectivity index is 1.96. The molecule has 0 aliphatic heterocycles. The highest BCUT2D eigenvalue weighted by molar-refractivity contribution is 5.96. The van der Waals surface area contributed by atoms with E-state index in [-0.39, 0.29) is 41.8 Å². The van der Waals surface area contributed by atoms with Gasteiger partial charge < -0.3 is 10.6 Å². The maximum absolute atomic E-state index is 13.7. The second-order valence-corrected chi connectivity index (χ2v) is 10.4. The van der Waals surface area contributed by atoms with Gasteiger partial charge in [-0.1, -0.05) is 58.0 Å². The summed E-state index contributed by atoms with van der Waals surface area (Å²) in [6.07, 6.45) is 2.34. The quantitative estimate of drug-likeness (QED) is 0.526. The molecule has 1 amide bonds. The van der Waals surface area contributed by atoms with Crippen LogP contribution in [0, 0.1) is 17.8 Å². The van der Waals surface area contributed by atoms with E-state index < -0.39 is 11.2 Å². The minimum absolute atomic E-state index is 0.0429. The second kappa shape index (κ2) is 11.0. The minimum atomic E-state index is -0.624. The first-order valence-electron chi connectivity index (χ1n) is 12.3. The average molecular weight is 470 g/mol. The van der Waals surface area contributed by atoms with Crippen LogP contribution in [0.4, 0.5) is 11.5 Å². The van der Waals surface area contributed by atoms with E-state index in [0.29, 0.717) is 25.6 Å². The molecule has 34 heavy (non-hydrogen) atoms. The van der Waals surface area contributed by atoms with Crippen LogP contribution in [-0.2, 0) is 17.9 Å². The van der Waals surface area contributed by atoms with E-state index >= 15 is 0 Å². The van der Waals surface area contributed by atoms with Gasteiger partial charge in [-0.25, -0.2) is 4.79 Å². The van der Waals surface area contributed by atoms with E-state index in [2.05, 4.69) is 28.9 Å². The Morgan fingerprint density at radius 3 is 2.29 bits per heavy atom. The maximum Gasteiger partial charge on any atom is 0.330 e. The molecule has 1 aliphatic carbocycles. The van der Waals surface area contributed by atoms with E-state index in [9.17, 15) is 14.4 Å². The van der Waals surface area contributed by atoms with Gasteiger partial charge in [0, 0.05) is 25.7 Å². The highest BCUT2D eigenvalue weighted by Crippen LogP contribution is 2.35. The number of rotatable bonds is 11. The molecular weight excluding hydrogens is 430 g/mol. The molecule has 1 aromatic heterocycles. The van der Waals surface area contributed by atoms with E-state index in [1.165, 1.54) is 22.3 Å². The van der Waals surface area contributed by atoms with Crippen LogP contribution in [0.15, 0.2) is 39.9 Å². The van der Waals surface area contributed by atoms with Crippen molar-refractivity contribution >= 4 is 17.4 Å². The molecule has 1 fully saturated rings. The molecule has 0 bridgehead atoms. The number of nitrogens with zero attached hydrogens (tertiary/aromatic N) is 3. The summed E-state index contributed by atoms with van der Waals surface area (Å²) in [5.41, 5.74) is 6.39. The summed E-state index contributed by atoms with van der Waals surface area (Å²) in [5, 5.41) is 0. The molecule has 1 aliphatic rings. The molecule has 0 saturated heterocycles. The Hall–Kier alpha value is -2.87. The molecule has 8 nitrogen and oxygen atoms in total. The number of benzene rings is 1. The number of anilines is 2. The molecule has 1 atom stereocenters. The van der Waals surface area contributed by atoms with Crippen LogP contribution in [-0.4, -0.2) is 39.5 Å². The van der Waals surface area contributed by atoms with Crippen LogP contribution in [0.2, 0.25) is 0 Å². The summed E-state index contributed by atoms with van der Waals surface area (Å²) in [5.74, 6) is 0.687. The van der Waals surface area contributed by atoms with Gasteiger partial charge in [-0.05, 0) is 43.1 Å². The number of aromatic nitrogens is 2. The van der Waals surface area contributed by atoms with Gasteiger partial charge in [0.1, 0.15) is 5.82 Å². The fourth-order valence-corrected chi connectivity index (χ4v) is 4.37. The lowest BCUT2D eigenvalue weighted by atomic mass is 10.1. The molecule has 1 aromatic carbocycles. The van der Waals surface area contributed by atoms with Gasteiger partial charge in [0.05, 0.1) is 6.54 Å². The molecule has 1 unspecified atom stereocenters. The van der Waals surface area contributed by atoms with Crippen molar-refractivity contribution in [1.29, 1.82) is 0 Å². The predicted molar refractivity (Wildman–Crippen MR) is 137 cm³/mol. The van der Waals surface area contributed by atoms with Crippen LogP contribution in [0.25, 0.3) is 0 Å². The first-order valence-corrected chi connectivity index (χ1v) is 12.3. The van der Waals surface area contributed by atoms with Gasteiger partial charge in [-0.3, -0.25) is 24.0 Å². The second-order valence-electron chi connectivity index (χ2n) is 10.4. The zero-order valence-corrected chi connectivity index (χ0v) is 21.1. The predicted octanol–water partition coefficient (Wildman–Crippen LogP) is 3.06. The van der Waals surface area contributed by atoms with Crippen LogP contribution in [0.5, 0.6) is 0 Å². The fourth-order valence-electron chi connectivity index (χ4n) is 4.37. The zero-order valence-electron chi connectivity index (χ0n) is 21.1. The van der Waals surface area contributed by atoms with Crippen molar-refractivity contribution in [3.05, 3.63) is 56.7 Å². The van der Waals surface area contributed by atoms with Crippen molar-refractivity contribution in [2.24, 2.45) is 17.8 Å². The minimum Gasteiger partial charge on any atom is -0.383 e. The smallest absolute Gasteiger partial charge is 0.330 e. The van der Waals surface area contributed by atoms with E-state index in [1.807, 2.05) is 45.9 Å². The highest BCUT2D eigenvalue weighted by atomic mass is 16.2. The first kappa shape index (κ1) is 25.7. The molecule has 8 heteroatoms. The largest absolute Gasteiger partial charge is 0.383 e. The molecule has 2 aromatic rings. The molecule has 0 spiro atoms. The Kier molecular flexibility index (Phi) is 8.36. The van der Waals surface area contributed by atoms with Gasteiger partial charge in [-0.15, -0.1) is 0 Å². The third kappa shape index (κ3) is 6.38. The summed E-state index contributed by atoms with van der Waals surface area (Å²) in [7, 11) is 0. The summed E-state index contributed by atoms with van der Waals surface area (Å²) in [6.45, 7) is 11.6. The lowest BCUT2D eigenvalue weighted by Crippen LogP contribution is -2.48. The van der Waals surface area contributed by atoms with Crippen molar-refractivity contribution in [3.63, 3.8) is 0 Å². The molecular formula is C26H39N5O3. The van der Waals surface area contributed by atoms with Crippen LogP contribution in [0.1, 0.15) is 53.0 Å². The Bertz CT molecular complexity index is 1090. The van der Waals surface area contributed by atoms with Gasteiger partial charge in [0.15, 0.2) is 5.69 Å². The van der Waals surface area contributed by atoms with Crippen LogP contribution in [0.3, 0.4) is 0 Å².